The molecule has 1 aromatic carbocycles. The fourth-order valence-corrected chi connectivity index (χ4v) is 1.98. The molecule has 0 radical (unpaired) electrons. The molecule has 1 heterocycles. The standard InChI is InChI=1S/C13H20N2O/c1-11-13(15-7-8-16-11)10-14-9-12-5-3-2-4-6-12/h2-6,11,13-15H,7-10H2,1H3. The second-order valence-corrected chi connectivity index (χ2v) is 4.25. The first-order chi connectivity index (χ1) is 7.86. The summed E-state index contributed by atoms with van der Waals surface area (Å²) in [5.74, 6) is 0. The lowest BCUT2D eigenvalue weighted by Crippen LogP contribution is -2.51. The zero-order valence-electron chi connectivity index (χ0n) is 9.78. The summed E-state index contributed by atoms with van der Waals surface area (Å²) >= 11 is 0. The highest BCUT2D eigenvalue weighted by molar-refractivity contribution is 5.14. The van der Waals surface area contributed by atoms with E-state index >= 15 is 0 Å². The van der Waals surface area contributed by atoms with E-state index in [0.29, 0.717) is 12.1 Å². The number of ether oxygens (including phenoxy) is 1. The Labute approximate surface area is 97.2 Å². The van der Waals surface area contributed by atoms with Crippen LogP contribution in [-0.2, 0) is 11.3 Å². The molecule has 1 aromatic rings. The van der Waals surface area contributed by atoms with Gasteiger partial charge in [-0.3, -0.25) is 0 Å². The topological polar surface area (TPSA) is 33.3 Å². The monoisotopic (exact) mass is 220 g/mol. The van der Waals surface area contributed by atoms with Crippen molar-refractivity contribution in [3.63, 3.8) is 0 Å². The molecule has 0 spiro atoms. The Hall–Kier alpha value is -0.900. The van der Waals surface area contributed by atoms with Crippen molar-refractivity contribution in [2.24, 2.45) is 0 Å². The zero-order valence-corrected chi connectivity index (χ0v) is 9.78. The van der Waals surface area contributed by atoms with Crippen molar-refractivity contribution >= 4 is 0 Å². The molecule has 1 aliphatic rings. The van der Waals surface area contributed by atoms with Crippen LogP contribution in [0.3, 0.4) is 0 Å². The largest absolute Gasteiger partial charge is 0.376 e. The molecule has 0 aliphatic carbocycles. The number of rotatable bonds is 4. The van der Waals surface area contributed by atoms with E-state index in [-0.39, 0.29) is 0 Å². The van der Waals surface area contributed by atoms with E-state index in [0.717, 1.165) is 26.2 Å². The normalized spacial score (nSPS) is 25.6. The number of hydrogen-bond donors (Lipinski definition) is 2. The average Bonchev–Trinajstić information content (AvgIpc) is 2.33. The lowest BCUT2D eigenvalue weighted by Gasteiger charge is -2.30. The van der Waals surface area contributed by atoms with Crippen LogP contribution in [0.2, 0.25) is 0 Å². The van der Waals surface area contributed by atoms with Gasteiger partial charge in [0, 0.05) is 25.7 Å². The zero-order chi connectivity index (χ0) is 11.2. The van der Waals surface area contributed by atoms with Gasteiger partial charge in [-0.05, 0) is 12.5 Å². The molecule has 2 atom stereocenters. The molecule has 16 heavy (non-hydrogen) atoms. The van der Waals surface area contributed by atoms with Crippen LogP contribution < -0.4 is 10.6 Å². The molecular weight excluding hydrogens is 200 g/mol. The van der Waals surface area contributed by atoms with Crippen LogP contribution in [0, 0.1) is 0 Å². The number of morpholine rings is 1. The van der Waals surface area contributed by atoms with Crippen molar-refractivity contribution < 1.29 is 4.74 Å². The highest BCUT2D eigenvalue weighted by Crippen LogP contribution is 2.03. The van der Waals surface area contributed by atoms with Gasteiger partial charge >= 0.3 is 0 Å². The van der Waals surface area contributed by atoms with Gasteiger partial charge in [0.25, 0.3) is 0 Å². The second kappa shape index (κ2) is 5.99. The van der Waals surface area contributed by atoms with Crippen LogP contribution in [0.4, 0.5) is 0 Å². The summed E-state index contributed by atoms with van der Waals surface area (Å²) in [6.07, 6.45) is 0.303. The number of nitrogens with one attached hydrogen (secondary N) is 2. The maximum Gasteiger partial charge on any atom is 0.0713 e. The minimum Gasteiger partial charge on any atom is -0.376 e. The Morgan fingerprint density at radius 3 is 2.94 bits per heavy atom. The third-order valence-corrected chi connectivity index (χ3v) is 2.99. The van der Waals surface area contributed by atoms with Gasteiger partial charge in [-0.1, -0.05) is 30.3 Å². The SMILES string of the molecule is CC1OCCNC1CNCc1ccccc1. The summed E-state index contributed by atoms with van der Waals surface area (Å²) < 4.78 is 5.59. The lowest BCUT2D eigenvalue weighted by molar-refractivity contribution is 0.00847. The predicted octanol–water partition coefficient (Wildman–Crippen LogP) is 1.15. The molecule has 0 bridgehead atoms. The molecule has 2 N–H and O–H groups in total. The molecule has 0 amide bonds. The first-order valence-corrected chi connectivity index (χ1v) is 5.96. The van der Waals surface area contributed by atoms with Crippen LogP contribution in [-0.4, -0.2) is 31.8 Å². The fourth-order valence-electron chi connectivity index (χ4n) is 1.98. The van der Waals surface area contributed by atoms with Crippen LogP contribution in [0.1, 0.15) is 12.5 Å². The molecule has 1 saturated heterocycles. The van der Waals surface area contributed by atoms with Crippen LogP contribution in [0.5, 0.6) is 0 Å². The van der Waals surface area contributed by atoms with E-state index in [9.17, 15) is 0 Å². The minimum atomic E-state index is 0.303. The van der Waals surface area contributed by atoms with E-state index in [1.54, 1.807) is 0 Å². The van der Waals surface area contributed by atoms with Gasteiger partial charge in [-0.25, -0.2) is 0 Å². The smallest absolute Gasteiger partial charge is 0.0713 e. The van der Waals surface area contributed by atoms with Crippen LogP contribution in [0.15, 0.2) is 30.3 Å². The minimum absolute atomic E-state index is 0.303. The average molecular weight is 220 g/mol. The van der Waals surface area contributed by atoms with E-state index in [1.165, 1.54) is 5.56 Å². The predicted molar refractivity (Wildman–Crippen MR) is 65.4 cm³/mol. The fraction of sp³-hybridized carbons (Fsp3) is 0.538. The second-order valence-electron chi connectivity index (χ2n) is 4.25. The molecule has 0 saturated carbocycles. The van der Waals surface area contributed by atoms with Gasteiger partial charge in [0.15, 0.2) is 0 Å². The number of hydrogen-bond acceptors (Lipinski definition) is 3. The highest BCUT2D eigenvalue weighted by atomic mass is 16.5. The van der Waals surface area contributed by atoms with Gasteiger partial charge in [0.2, 0.25) is 0 Å². The van der Waals surface area contributed by atoms with Crippen molar-refractivity contribution in [1.29, 1.82) is 0 Å². The Kier molecular flexibility index (Phi) is 4.34. The van der Waals surface area contributed by atoms with Crippen molar-refractivity contribution in [2.45, 2.75) is 25.6 Å². The molecular formula is C13H20N2O. The molecule has 3 nitrogen and oxygen atoms in total. The summed E-state index contributed by atoms with van der Waals surface area (Å²) in [6.45, 7) is 5.79. The molecule has 2 unspecified atom stereocenters. The summed E-state index contributed by atoms with van der Waals surface area (Å²) in [5.41, 5.74) is 1.33. The van der Waals surface area contributed by atoms with Crippen molar-refractivity contribution in [1.82, 2.24) is 10.6 Å². The van der Waals surface area contributed by atoms with Crippen LogP contribution >= 0.6 is 0 Å². The molecule has 2 rings (SSSR count). The Balaban J connectivity index is 1.71. The van der Waals surface area contributed by atoms with Crippen LogP contribution in [0.25, 0.3) is 0 Å². The lowest BCUT2D eigenvalue weighted by atomic mass is 10.1. The van der Waals surface area contributed by atoms with Crippen molar-refractivity contribution in [2.75, 3.05) is 19.7 Å². The van der Waals surface area contributed by atoms with Crippen molar-refractivity contribution in [3.8, 4) is 0 Å². The van der Waals surface area contributed by atoms with Gasteiger partial charge in [-0.15, -0.1) is 0 Å². The maximum absolute atomic E-state index is 5.59. The first kappa shape index (κ1) is 11.6. The maximum atomic E-state index is 5.59. The number of benzene rings is 1. The first-order valence-electron chi connectivity index (χ1n) is 5.96. The van der Waals surface area contributed by atoms with E-state index in [4.69, 9.17) is 4.74 Å². The summed E-state index contributed by atoms with van der Waals surface area (Å²) in [7, 11) is 0. The molecule has 1 aliphatic heterocycles. The molecule has 3 heteroatoms. The third kappa shape index (κ3) is 3.30. The third-order valence-electron chi connectivity index (χ3n) is 2.99. The van der Waals surface area contributed by atoms with Gasteiger partial charge in [0.05, 0.1) is 12.7 Å². The molecule has 1 fully saturated rings. The molecule has 88 valence electrons. The van der Waals surface area contributed by atoms with Gasteiger partial charge in [0.1, 0.15) is 0 Å². The Bertz CT molecular complexity index is 302. The molecule has 0 aromatic heterocycles. The van der Waals surface area contributed by atoms with E-state index in [2.05, 4.69) is 41.8 Å². The van der Waals surface area contributed by atoms with Crippen molar-refractivity contribution in [3.05, 3.63) is 35.9 Å². The van der Waals surface area contributed by atoms with E-state index < -0.39 is 0 Å². The quantitative estimate of drug-likeness (QED) is 0.798. The van der Waals surface area contributed by atoms with Gasteiger partial charge < -0.3 is 15.4 Å². The summed E-state index contributed by atoms with van der Waals surface area (Å²) in [5, 5.41) is 6.93. The summed E-state index contributed by atoms with van der Waals surface area (Å²) in [4.78, 5) is 0. The van der Waals surface area contributed by atoms with Gasteiger partial charge in [-0.2, -0.15) is 0 Å². The summed E-state index contributed by atoms with van der Waals surface area (Å²) in [6, 6.07) is 10.9. The Morgan fingerprint density at radius 2 is 2.19 bits per heavy atom. The highest BCUT2D eigenvalue weighted by Gasteiger charge is 2.20. The Morgan fingerprint density at radius 1 is 1.38 bits per heavy atom. The van der Waals surface area contributed by atoms with E-state index in [1.807, 2.05) is 6.07 Å².